The predicted molar refractivity (Wildman–Crippen MR) is 269 cm³/mol. The van der Waals surface area contributed by atoms with Crippen LogP contribution < -0.4 is 9.80 Å². The van der Waals surface area contributed by atoms with Gasteiger partial charge in [-0.25, -0.2) is 0 Å². The highest BCUT2D eigenvalue weighted by atomic mass is 15.2. The van der Waals surface area contributed by atoms with E-state index in [1.165, 1.54) is 122 Å². The molecule has 2 aromatic heterocycles. The first-order valence-electron chi connectivity index (χ1n) is 22.5. The second-order valence-electron chi connectivity index (χ2n) is 18.0. The van der Waals surface area contributed by atoms with E-state index < -0.39 is 0 Å². The van der Waals surface area contributed by atoms with Crippen LogP contribution in [0.25, 0.3) is 55.0 Å². The van der Waals surface area contributed by atoms with Crippen LogP contribution in [0.2, 0.25) is 0 Å². The summed E-state index contributed by atoms with van der Waals surface area (Å²) in [5.41, 5.74) is 25.1. The third-order valence-corrected chi connectivity index (χ3v) is 14.1. The molecule has 64 heavy (non-hydrogen) atoms. The summed E-state index contributed by atoms with van der Waals surface area (Å²) in [7, 11) is 0. The van der Waals surface area contributed by atoms with E-state index >= 15 is 0 Å². The number of para-hydroxylation sites is 4. The van der Waals surface area contributed by atoms with E-state index in [2.05, 4.69) is 229 Å². The lowest BCUT2D eigenvalue weighted by molar-refractivity contribution is 1.03. The van der Waals surface area contributed by atoms with Crippen LogP contribution in [0.5, 0.6) is 0 Å². The lowest BCUT2D eigenvalue weighted by Crippen LogP contribution is -2.16. The molecule has 0 aliphatic carbocycles. The standard InChI is InChI=1S/C60H46N4/c1-37-23-25-39(3)55(31-37)61(43-17-7-5-8-18-43)53-29-27-45-47-35-58-48(36-57(47)63-51-21-13-11-15-41(51)33-49(53)59(45)63)46-28-30-54(50-34-42-16-12-14-22-52(42)64(58)60(46)50)62(44-19-9-6-10-20-44)56-32-38(2)24-26-40(56)4/h5-32,35-36H,33-34H2,1-4H3. The molecule has 0 radical (unpaired) electrons. The van der Waals surface area contributed by atoms with E-state index in [1.807, 2.05) is 0 Å². The molecule has 0 amide bonds. The van der Waals surface area contributed by atoms with Gasteiger partial charge in [-0.3, -0.25) is 0 Å². The van der Waals surface area contributed by atoms with Crippen molar-refractivity contribution in [2.75, 3.05) is 9.80 Å². The summed E-state index contributed by atoms with van der Waals surface area (Å²) in [5, 5.41) is 5.12. The summed E-state index contributed by atoms with van der Waals surface area (Å²) < 4.78 is 5.16. The SMILES string of the molecule is Cc1ccc(C)c(N(c2ccccc2)c2ccc3c4cc5c(cc4n4c3c2Cc2ccccc2-4)c2ccc(N(c3ccccc3)c3cc(C)ccc3C)c3c2n5-c2ccccc2C3)c1. The topological polar surface area (TPSA) is 16.3 Å². The number of hydrogen-bond acceptors (Lipinski definition) is 2. The monoisotopic (exact) mass is 822 g/mol. The van der Waals surface area contributed by atoms with Crippen molar-refractivity contribution in [3.63, 3.8) is 0 Å². The molecule has 4 heteroatoms. The lowest BCUT2D eigenvalue weighted by atomic mass is 9.94. The Hall–Kier alpha value is -7.82. The van der Waals surface area contributed by atoms with E-state index in [-0.39, 0.29) is 0 Å². The molecule has 9 aromatic carbocycles. The van der Waals surface area contributed by atoms with E-state index in [9.17, 15) is 0 Å². The number of benzene rings is 9. The molecule has 0 N–H and O–H groups in total. The number of anilines is 6. The Kier molecular flexibility index (Phi) is 7.96. The van der Waals surface area contributed by atoms with Crippen LogP contribution in [0, 0.1) is 27.7 Å². The zero-order valence-corrected chi connectivity index (χ0v) is 36.5. The van der Waals surface area contributed by atoms with Crippen LogP contribution in [-0.4, -0.2) is 9.13 Å². The molecule has 0 atom stereocenters. The third-order valence-electron chi connectivity index (χ3n) is 14.1. The fourth-order valence-electron chi connectivity index (χ4n) is 11.1. The maximum Gasteiger partial charge on any atom is 0.0597 e. The Morgan fingerprint density at radius 1 is 0.359 bits per heavy atom. The maximum atomic E-state index is 2.58. The quantitative estimate of drug-likeness (QED) is 0.166. The van der Waals surface area contributed by atoms with Crippen LogP contribution >= 0.6 is 0 Å². The van der Waals surface area contributed by atoms with Gasteiger partial charge in [-0.1, -0.05) is 109 Å². The van der Waals surface area contributed by atoms with Crippen molar-refractivity contribution in [1.82, 2.24) is 9.13 Å². The second-order valence-corrected chi connectivity index (χ2v) is 18.0. The fourth-order valence-corrected chi connectivity index (χ4v) is 11.1. The van der Waals surface area contributed by atoms with Crippen molar-refractivity contribution in [2.45, 2.75) is 40.5 Å². The van der Waals surface area contributed by atoms with Gasteiger partial charge in [0.1, 0.15) is 0 Å². The average Bonchev–Trinajstić information content (AvgIpc) is 3.83. The van der Waals surface area contributed by atoms with Gasteiger partial charge in [-0.05, 0) is 134 Å². The summed E-state index contributed by atoms with van der Waals surface area (Å²) in [6.07, 6.45) is 1.69. The number of hydrogen-bond donors (Lipinski definition) is 0. The molecule has 0 bridgehead atoms. The van der Waals surface area contributed by atoms with Gasteiger partial charge < -0.3 is 18.9 Å². The highest BCUT2D eigenvalue weighted by Gasteiger charge is 2.31. The first kappa shape index (κ1) is 36.8. The Labute approximate surface area is 373 Å². The van der Waals surface area contributed by atoms with Gasteiger partial charge >= 0.3 is 0 Å². The molecule has 306 valence electrons. The summed E-state index contributed by atoms with van der Waals surface area (Å²) in [5.74, 6) is 0. The van der Waals surface area contributed by atoms with E-state index in [0.29, 0.717) is 0 Å². The molecule has 0 unspecified atom stereocenters. The van der Waals surface area contributed by atoms with Crippen molar-refractivity contribution >= 4 is 77.7 Å². The van der Waals surface area contributed by atoms with Gasteiger partial charge in [0, 0.05) is 79.6 Å². The largest absolute Gasteiger partial charge is 0.310 e. The summed E-state index contributed by atoms with van der Waals surface area (Å²) in [4.78, 5) is 4.98. The molecule has 0 fully saturated rings. The van der Waals surface area contributed by atoms with Crippen molar-refractivity contribution in [3.05, 3.63) is 226 Å². The van der Waals surface area contributed by atoms with Crippen molar-refractivity contribution < 1.29 is 0 Å². The first-order valence-corrected chi connectivity index (χ1v) is 22.5. The van der Waals surface area contributed by atoms with Crippen LogP contribution in [0.3, 0.4) is 0 Å². The molecule has 4 heterocycles. The van der Waals surface area contributed by atoms with Gasteiger partial charge in [0.05, 0.1) is 33.4 Å². The lowest BCUT2D eigenvalue weighted by Gasteiger charge is -2.31. The van der Waals surface area contributed by atoms with Gasteiger partial charge in [0.25, 0.3) is 0 Å². The molecule has 0 saturated heterocycles. The number of aryl methyl sites for hydroxylation is 4. The predicted octanol–water partition coefficient (Wildman–Crippen LogP) is 15.9. The highest BCUT2D eigenvalue weighted by Crippen LogP contribution is 2.51. The van der Waals surface area contributed by atoms with Crippen LogP contribution in [0.15, 0.2) is 182 Å². The Morgan fingerprint density at radius 3 is 1.20 bits per heavy atom. The van der Waals surface area contributed by atoms with Crippen molar-refractivity contribution in [3.8, 4) is 11.4 Å². The second kappa shape index (κ2) is 13.8. The molecule has 4 nitrogen and oxygen atoms in total. The van der Waals surface area contributed by atoms with Crippen molar-refractivity contribution in [2.24, 2.45) is 0 Å². The maximum absolute atomic E-state index is 2.58. The summed E-state index contributed by atoms with van der Waals surface area (Å²) >= 11 is 0. The molecule has 0 spiro atoms. The van der Waals surface area contributed by atoms with Gasteiger partial charge in [0.15, 0.2) is 0 Å². The molecule has 11 aromatic rings. The number of aromatic nitrogens is 2. The van der Waals surface area contributed by atoms with Crippen LogP contribution in [0.4, 0.5) is 34.1 Å². The average molecular weight is 823 g/mol. The Morgan fingerprint density at radius 2 is 0.766 bits per heavy atom. The smallest absolute Gasteiger partial charge is 0.0597 e. The minimum atomic E-state index is 0.847. The zero-order chi connectivity index (χ0) is 42.8. The Balaban J connectivity index is 1.12. The van der Waals surface area contributed by atoms with Gasteiger partial charge in [-0.2, -0.15) is 0 Å². The summed E-state index contributed by atoms with van der Waals surface area (Å²) in [6, 6.07) is 68.1. The number of nitrogens with zero attached hydrogens (tertiary/aromatic N) is 4. The number of rotatable bonds is 6. The van der Waals surface area contributed by atoms with Crippen LogP contribution in [-0.2, 0) is 12.8 Å². The van der Waals surface area contributed by atoms with Crippen molar-refractivity contribution in [1.29, 1.82) is 0 Å². The molecule has 2 aliphatic rings. The van der Waals surface area contributed by atoms with E-state index in [4.69, 9.17) is 0 Å². The van der Waals surface area contributed by atoms with Gasteiger partial charge in [-0.15, -0.1) is 0 Å². The Bertz CT molecular complexity index is 3470. The molecule has 13 rings (SSSR count). The molecular weight excluding hydrogens is 777 g/mol. The fraction of sp³-hybridized carbons (Fsp3) is 0.100. The minimum Gasteiger partial charge on any atom is -0.310 e. The first-order chi connectivity index (χ1) is 31.4. The minimum absolute atomic E-state index is 0.847. The molecular formula is C60H46N4. The normalized spacial score (nSPS) is 12.6. The van der Waals surface area contributed by atoms with E-state index in [0.717, 1.165) is 24.2 Å². The highest BCUT2D eigenvalue weighted by molar-refractivity contribution is 6.21. The summed E-state index contributed by atoms with van der Waals surface area (Å²) in [6.45, 7) is 8.85. The van der Waals surface area contributed by atoms with Crippen LogP contribution in [0.1, 0.15) is 44.5 Å². The molecule has 0 saturated carbocycles. The molecule has 2 aliphatic heterocycles. The third kappa shape index (κ3) is 5.29. The van der Waals surface area contributed by atoms with Gasteiger partial charge in [0.2, 0.25) is 0 Å². The van der Waals surface area contributed by atoms with E-state index in [1.54, 1.807) is 0 Å². The zero-order valence-electron chi connectivity index (χ0n) is 36.5. The number of fused-ring (bicyclic) bond motifs is 10.